The third-order valence-electron chi connectivity index (χ3n) is 2.53. The van der Waals surface area contributed by atoms with Crippen LogP contribution in [0.3, 0.4) is 0 Å². The highest BCUT2D eigenvalue weighted by Crippen LogP contribution is 2.14. The molecule has 4 heteroatoms. The molecule has 1 rings (SSSR count). The van der Waals surface area contributed by atoms with Gasteiger partial charge in [-0.25, -0.2) is 0 Å². The van der Waals surface area contributed by atoms with Crippen LogP contribution in [0.5, 0.6) is 5.88 Å². The Morgan fingerprint density at radius 1 is 1.41 bits per heavy atom. The lowest BCUT2D eigenvalue weighted by Crippen LogP contribution is -2.44. The molecule has 0 saturated carbocycles. The smallest absolute Gasteiger partial charge is 0.233 e. The minimum absolute atomic E-state index is 0.109. The summed E-state index contributed by atoms with van der Waals surface area (Å²) in [6.45, 7) is 13.6. The molecule has 2 N–H and O–H groups in total. The molecule has 1 heterocycles. The second-order valence-electron chi connectivity index (χ2n) is 5.92. The number of hydrogen-bond acceptors (Lipinski definition) is 3. The van der Waals surface area contributed by atoms with Crippen molar-refractivity contribution in [1.82, 2.24) is 15.5 Å². The monoisotopic (exact) mass is 239 g/mol. The molecule has 1 aromatic heterocycles. The molecule has 0 aliphatic heterocycles. The Morgan fingerprint density at radius 3 is 2.47 bits per heavy atom. The summed E-state index contributed by atoms with van der Waals surface area (Å²) in [6, 6.07) is 1.92. The van der Waals surface area contributed by atoms with E-state index in [1.165, 1.54) is 0 Å². The van der Waals surface area contributed by atoms with Crippen molar-refractivity contribution in [3.05, 3.63) is 11.8 Å². The van der Waals surface area contributed by atoms with Crippen LogP contribution < -0.4 is 10.1 Å². The first-order chi connectivity index (χ1) is 7.78. The van der Waals surface area contributed by atoms with Gasteiger partial charge in [0, 0.05) is 23.8 Å². The maximum atomic E-state index is 5.89. The van der Waals surface area contributed by atoms with E-state index in [2.05, 4.69) is 50.1 Å². The van der Waals surface area contributed by atoms with E-state index in [9.17, 15) is 0 Å². The maximum absolute atomic E-state index is 5.89. The van der Waals surface area contributed by atoms with Crippen LogP contribution in [-0.2, 0) is 0 Å². The van der Waals surface area contributed by atoms with Crippen molar-refractivity contribution in [1.29, 1.82) is 0 Å². The first kappa shape index (κ1) is 14.0. The highest BCUT2D eigenvalue weighted by molar-refractivity contribution is 5.12. The van der Waals surface area contributed by atoms with Gasteiger partial charge >= 0.3 is 0 Å². The van der Waals surface area contributed by atoms with E-state index in [1.807, 2.05) is 13.0 Å². The fraction of sp³-hybridized carbons (Fsp3) is 0.769. The Balaban J connectivity index is 2.55. The summed E-state index contributed by atoms with van der Waals surface area (Å²) in [7, 11) is 0. The second-order valence-corrected chi connectivity index (χ2v) is 5.92. The molecule has 0 aromatic carbocycles. The van der Waals surface area contributed by atoms with E-state index in [-0.39, 0.29) is 11.6 Å². The summed E-state index contributed by atoms with van der Waals surface area (Å²) in [5.41, 5.74) is 1.13. The summed E-state index contributed by atoms with van der Waals surface area (Å²) in [5, 5.41) is 10.5. The van der Waals surface area contributed by atoms with E-state index in [1.54, 1.807) is 0 Å². The molecule has 4 nitrogen and oxygen atoms in total. The van der Waals surface area contributed by atoms with Gasteiger partial charge in [0.15, 0.2) is 0 Å². The van der Waals surface area contributed by atoms with E-state index < -0.39 is 0 Å². The molecule has 0 radical (unpaired) electrons. The van der Waals surface area contributed by atoms with Crippen LogP contribution in [0.25, 0.3) is 0 Å². The Labute approximate surface area is 104 Å². The zero-order valence-electron chi connectivity index (χ0n) is 11.8. The van der Waals surface area contributed by atoms with Crippen molar-refractivity contribution in [2.45, 2.75) is 53.2 Å². The Kier molecular flexibility index (Phi) is 4.57. The van der Waals surface area contributed by atoms with Crippen LogP contribution >= 0.6 is 0 Å². The van der Waals surface area contributed by atoms with Crippen molar-refractivity contribution in [3.63, 3.8) is 0 Å². The number of aromatic amines is 1. The number of rotatable bonds is 5. The Morgan fingerprint density at radius 2 is 2.06 bits per heavy atom. The molecule has 17 heavy (non-hydrogen) atoms. The molecule has 1 aromatic rings. The zero-order chi connectivity index (χ0) is 13.1. The molecule has 0 bridgehead atoms. The topological polar surface area (TPSA) is 49.9 Å². The largest absolute Gasteiger partial charge is 0.472 e. The molecule has 0 aliphatic rings. The standard InChI is InChI=1S/C13H25N3O/c1-9(2)11(8-14-13(4,5)6)17-12-7-10(3)15-16-12/h7,9,11,14H,8H2,1-6H3,(H,15,16). The Bertz CT molecular complexity index is 339. The number of hydrogen-bond donors (Lipinski definition) is 2. The molecule has 0 amide bonds. The van der Waals surface area contributed by atoms with Crippen LogP contribution in [0.1, 0.15) is 40.3 Å². The van der Waals surface area contributed by atoms with E-state index in [4.69, 9.17) is 4.74 Å². The molecule has 0 fully saturated rings. The van der Waals surface area contributed by atoms with Gasteiger partial charge in [0.2, 0.25) is 5.88 Å². The van der Waals surface area contributed by atoms with Crippen molar-refractivity contribution in [2.24, 2.45) is 5.92 Å². The SMILES string of the molecule is Cc1cc(OC(CNC(C)(C)C)C(C)C)n[nH]1. The van der Waals surface area contributed by atoms with Gasteiger partial charge in [0.1, 0.15) is 6.10 Å². The molecular formula is C13H25N3O. The minimum Gasteiger partial charge on any atom is -0.472 e. The van der Waals surface area contributed by atoms with Crippen LogP contribution in [-0.4, -0.2) is 28.4 Å². The fourth-order valence-corrected chi connectivity index (χ4v) is 1.43. The Hall–Kier alpha value is -1.03. The first-order valence-corrected chi connectivity index (χ1v) is 6.21. The van der Waals surface area contributed by atoms with Crippen molar-refractivity contribution < 1.29 is 4.74 Å². The number of nitrogens with one attached hydrogen (secondary N) is 2. The first-order valence-electron chi connectivity index (χ1n) is 6.21. The summed E-state index contributed by atoms with van der Waals surface area (Å²) in [5.74, 6) is 1.12. The number of aryl methyl sites for hydroxylation is 1. The summed E-state index contributed by atoms with van der Waals surface area (Å²) < 4.78 is 5.89. The third kappa shape index (κ3) is 5.22. The fourth-order valence-electron chi connectivity index (χ4n) is 1.43. The van der Waals surface area contributed by atoms with Crippen LogP contribution in [0, 0.1) is 12.8 Å². The minimum atomic E-state index is 0.109. The van der Waals surface area contributed by atoms with Gasteiger partial charge in [0.25, 0.3) is 0 Å². The lowest BCUT2D eigenvalue weighted by atomic mass is 10.0. The van der Waals surface area contributed by atoms with E-state index >= 15 is 0 Å². The zero-order valence-corrected chi connectivity index (χ0v) is 11.8. The summed E-state index contributed by atoms with van der Waals surface area (Å²) in [4.78, 5) is 0. The number of aromatic nitrogens is 2. The predicted octanol–water partition coefficient (Wildman–Crippen LogP) is 2.51. The van der Waals surface area contributed by atoms with Crippen molar-refractivity contribution in [3.8, 4) is 5.88 Å². The highest BCUT2D eigenvalue weighted by Gasteiger charge is 2.19. The van der Waals surface area contributed by atoms with Crippen LogP contribution in [0.4, 0.5) is 0 Å². The normalized spacial score (nSPS) is 14.1. The number of H-pyrrole nitrogens is 1. The lowest BCUT2D eigenvalue weighted by molar-refractivity contribution is 0.134. The van der Waals surface area contributed by atoms with Crippen LogP contribution in [0.2, 0.25) is 0 Å². The average Bonchev–Trinajstić information content (AvgIpc) is 2.56. The van der Waals surface area contributed by atoms with Gasteiger partial charge in [-0.3, -0.25) is 5.10 Å². The quantitative estimate of drug-likeness (QED) is 0.830. The second kappa shape index (κ2) is 5.54. The predicted molar refractivity (Wildman–Crippen MR) is 70.3 cm³/mol. The van der Waals surface area contributed by atoms with Gasteiger partial charge < -0.3 is 10.1 Å². The van der Waals surface area contributed by atoms with Crippen LogP contribution in [0.15, 0.2) is 6.07 Å². The number of nitrogens with zero attached hydrogens (tertiary/aromatic N) is 1. The molecular weight excluding hydrogens is 214 g/mol. The average molecular weight is 239 g/mol. The van der Waals surface area contributed by atoms with Crippen molar-refractivity contribution >= 4 is 0 Å². The molecule has 0 aliphatic carbocycles. The maximum Gasteiger partial charge on any atom is 0.233 e. The highest BCUT2D eigenvalue weighted by atomic mass is 16.5. The van der Waals surface area contributed by atoms with Gasteiger partial charge in [-0.15, -0.1) is 5.10 Å². The summed E-state index contributed by atoms with van der Waals surface area (Å²) in [6.07, 6.45) is 0.136. The molecule has 1 unspecified atom stereocenters. The van der Waals surface area contributed by atoms with Crippen molar-refractivity contribution in [2.75, 3.05) is 6.54 Å². The van der Waals surface area contributed by atoms with Gasteiger partial charge in [-0.2, -0.15) is 0 Å². The molecule has 98 valence electrons. The molecule has 0 spiro atoms. The molecule has 0 saturated heterocycles. The van der Waals surface area contributed by atoms with Gasteiger partial charge in [0.05, 0.1) is 0 Å². The third-order valence-corrected chi connectivity index (χ3v) is 2.53. The summed E-state index contributed by atoms with van der Waals surface area (Å²) >= 11 is 0. The lowest BCUT2D eigenvalue weighted by Gasteiger charge is -2.27. The van der Waals surface area contributed by atoms with Gasteiger partial charge in [-0.05, 0) is 33.6 Å². The van der Waals surface area contributed by atoms with E-state index in [0.717, 1.165) is 12.2 Å². The van der Waals surface area contributed by atoms with E-state index in [0.29, 0.717) is 11.8 Å². The van der Waals surface area contributed by atoms with Gasteiger partial charge in [-0.1, -0.05) is 13.8 Å². The number of ether oxygens (including phenoxy) is 1. The molecule has 1 atom stereocenters.